The van der Waals surface area contributed by atoms with Crippen LogP contribution in [0.1, 0.15) is 53.3 Å². The molecule has 0 saturated heterocycles. The molecule has 1 N–H and O–H groups in total. The maximum Gasteiger partial charge on any atom is 0.108 e. The molecule has 0 amide bonds. The van der Waals surface area contributed by atoms with E-state index in [0.29, 0.717) is 5.92 Å². The second kappa shape index (κ2) is 6.93. The Balaban J connectivity index is 2.35. The van der Waals surface area contributed by atoms with Gasteiger partial charge in [0.1, 0.15) is 5.82 Å². The molecule has 1 unspecified atom stereocenters. The highest BCUT2D eigenvalue weighted by Gasteiger charge is 2.11. The van der Waals surface area contributed by atoms with Gasteiger partial charge in [0.05, 0.1) is 0 Å². The summed E-state index contributed by atoms with van der Waals surface area (Å²) >= 11 is 0. The first-order valence-electron chi connectivity index (χ1n) is 7.17. The maximum absolute atomic E-state index is 4.47. The molecule has 3 nitrogen and oxygen atoms in total. The number of rotatable bonds is 7. The van der Waals surface area contributed by atoms with Crippen LogP contribution in [-0.2, 0) is 13.0 Å². The Hall–Kier alpha value is -0.830. The molecule has 0 saturated carbocycles. The molecule has 1 aromatic rings. The van der Waals surface area contributed by atoms with Crippen LogP contribution < -0.4 is 5.32 Å². The Morgan fingerprint density at radius 2 is 2.11 bits per heavy atom. The molecule has 0 aliphatic heterocycles. The highest BCUT2D eigenvalue weighted by Crippen LogP contribution is 2.11. The Labute approximate surface area is 112 Å². The van der Waals surface area contributed by atoms with Gasteiger partial charge in [-0.1, -0.05) is 13.8 Å². The van der Waals surface area contributed by atoms with Gasteiger partial charge in [-0.2, -0.15) is 0 Å². The van der Waals surface area contributed by atoms with Gasteiger partial charge in [-0.3, -0.25) is 0 Å². The Bertz CT molecular complexity index is 336. The fourth-order valence-electron chi connectivity index (χ4n) is 2.08. The lowest BCUT2D eigenvalue weighted by Crippen LogP contribution is -2.37. The van der Waals surface area contributed by atoms with Crippen LogP contribution in [0.15, 0.2) is 12.4 Å². The van der Waals surface area contributed by atoms with Gasteiger partial charge >= 0.3 is 0 Å². The van der Waals surface area contributed by atoms with Crippen LogP contribution in [0.4, 0.5) is 0 Å². The average molecular weight is 251 g/mol. The summed E-state index contributed by atoms with van der Waals surface area (Å²) in [5, 5.41) is 3.54. The summed E-state index contributed by atoms with van der Waals surface area (Å²) in [6, 6.07) is 0. The highest BCUT2D eigenvalue weighted by molar-refractivity contribution is 4.93. The van der Waals surface area contributed by atoms with E-state index in [2.05, 4.69) is 55.7 Å². The number of nitrogens with one attached hydrogen (secondary N) is 1. The number of hydrogen-bond acceptors (Lipinski definition) is 2. The van der Waals surface area contributed by atoms with Gasteiger partial charge in [-0.15, -0.1) is 0 Å². The zero-order chi connectivity index (χ0) is 13.6. The molecule has 0 radical (unpaired) electrons. The van der Waals surface area contributed by atoms with Gasteiger partial charge < -0.3 is 9.88 Å². The van der Waals surface area contributed by atoms with Crippen LogP contribution >= 0.6 is 0 Å². The second-order valence-electron chi connectivity index (χ2n) is 6.31. The number of hydrogen-bond donors (Lipinski definition) is 1. The van der Waals surface area contributed by atoms with Crippen molar-refractivity contribution >= 4 is 0 Å². The average Bonchev–Trinajstić information content (AvgIpc) is 2.64. The molecule has 0 aliphatic rings. The summed E-state index contributed by atoms with van der Waals surface area (Å²) in [6.45, 7) is 13.3. The highest BCUT2D eigenvalue weighted by atomic mass is 15.1. The van der Waals surface area contributed by atoms with E-state index in [0.717, 1.165) is 19.5 Å². The van der Waals surface area contributed by atoms with Gasteiger partial charge in [0, 0.05) is 30.9 Å². The molecular formula is C15H29N3. The zero-order valence-corrected chi connectivity index (χ0v) is 12.7. The predicted octanol–water partition coefficient (Wildman–Crippen LogP) is 3.25. The number of nitrogens with zero attached hydrogens (tertiary/aromatic N) is 2. The van der Waals surface area contributed by atoms with Crippen molar-refractivity contribution in [2.45, 2.75) is 66.0 Å². The molecule has 0 spiro atoms. The molecule has 1 rings (SSSR count). The fourth-order valence-corrected chi connectivity index (χ4v) is 2.08. The predicted molar refractivity (Wildman–Crippen MR) is 77.8 cm³/mol. The minimum Gasteiger partial charge on any atom is -0.335 e. The minimum atomic E-state index is 0.223. The van der Waals surface area contributed by atoms with Crippen LogP contribution in [0.3, 0.4) is 0 Å². The van der Waals surface area contributed by atoms with Crippen LogP contribution in [0, 0.1) is 5.92 Å². The number of aryl methyl sites for hydroxylation is 1. The van der Waals surface area contributed by atoms with E-state index in [1.807, 2.05) is 6.20 Å². The zero-order valence-electron chi connectivity index (χ0n) is 12.7. The monoisotopic (exact) mass is 251 g/mol. The van der Waals surface area contributed by atoms with Crippen molar-refractivity contribution in [3.8, 4) is 0 Å². The SMILES string of the molecule is CCCn1ccnc1CC(C)CCNC(C)(C)C. The Morgan fingerprint density at radius 3 is 2.72 bits per heavy atom. The number of aromatic nitrogens is 2. The molecule has 0 aromatic carbocycles. The van der Waals surface area contributed by atoms with Crippen LogP contribution in [0.2, 0.25) is 0 Å². The smallest absolute Gasteiger partial charge is 0.108 e. The molecule has 104 valence electrons. The van der Waals surface area contributed by atoms with Crippen molar-refractivity contribution in [3.05, 3.63) is 18.2 Å². The van der Waals surface area contributed by atoms with E-state index in [1.165, 1.54) is 18.7 Å². The van der Waals surface area contributed by atoms with Crippen LogP contribution in [0.5, 0.6) is 0 Å². The quantitative estimate of drug-likeness (QED) is 0.806. The van der Waals surface area contributed by atoms with E-state index >= 15 is 0 Å². The Morgan fingerprint density at radius 1 is 1.39 bits per heavy atom. The molecule has 18 heavy (non-hydrogen) atoms. The van der Waals surface area contributed by atoms with Gasteiger partial charge in [0.25, 0.3) is 0 Å². The molecule has 1 aromatic heterocycles. The van der Waals surface area contributed by atoms with Gasteiger partial charge in [-0.05, 0) is 46.1 Å². The third-order valence-electron chi connectivity index (χ3n) is 3.09. The standard InChI is InChI=1S/C15H29N3/c1-6-10-18-11-9-16-14(18)12-13(2)7-8-17-15(3,4)5/h9,11,13,17H,6-8,10,12H2,1-5H3. The summed E-state index contributed by atoms with van der Waals surface area (Å²) in [4.78, 5) is 4.47. The second-order valence-corrected chi connectivity index (χ2v) is 6.31. The third kappa shape index (κ3) is 5.67. The lowest BCUT2D eigenvalue weighted by molar-refractivity contribution is 0.390. The summed E-state index contributed by atoms with van der Waals surface area (Å²) in [5.41, 5.74) is 0.223. The first-order valence-corrected chi connectivity index (χ1v) is 7.17. The molecule has 3 heteroatoms. The van der Waals surface area contributed by atoms with Gasteiger partial charge in [-0.25, -0.2) is 4.98 Å². The van der Waals surface area contributed by atoms with E-state index in [9.17, 15) is 0 Å². The van der Waals surface area contributed by atoms with Gasteiger partial charge in [0.2, 0.25) is 0 Å². The first-order chi connectivity index (χ1) is 8.42. The van der Waals surface area contributed by atoms with E-state index < -0.39 is 0 Å². The molecule has 1 atom stereocenters. The Kier molecular flexibility index (Phi) is 5.86. The fraction of sp³-hybridized carbons (Fsp3) is 0.800. The third-order valence-corrected chi connectivity index (χ3v) is 3.09. The molecular weight excluding hydrogens is 222 g/mol. The van der Waals surface area contributed by atoms with E-state index in [1.54, 1.807) is 0 Å². The van der Waals surface area contributed by atoms with Crippen molar-refractivity contribution in [1.82, 2.24) is 14.9 Å². The van der Waals surface area contributed by atoms with Crippen molar-refractivity contribution in [3.63, 3.8) is 0 Å². The number of imidazole rings is 1. The maximum atomic E-state index is 4.47. The summed E-state index contributed by atoms with van der Waals surface area (Å²) < 4.78 is 2.29. The van der Waals surface area contributed by atoms with Crippen molar-refractivity contribution in [1.29, 1.82) is 0 Å². The van der Waals surface area contributed by atoms with Crippen molar-refractivity contribution in [2.75, 3.05) is 6.54 Å². The molecule has 0 aliphatic carbocycles. The minimum absolute atomic E-state index is 0.223. The summed E-state index contributed by atoms with van der Waals surface area (Å²) in [6.07, 6.45) is 7.47. The van der Waals surface area contributed by atoms with Crippen LogP contribution in [0.25, 0.3) is 0 Å². The summed E-state index contributed by atoms with van der Waals surface area (Å²) in [5.74, 6) is 1.91. The van der Waals surface area contributed by atoms with Crippen LogP contribution in [-0.4, -0.2) is 21.6 Å². The van der Waals surface area contributed by atoms with E-state index in [-0.39, 0.29) is 5.54 Å². The topological polar surface area (TPSA) is 29.9 Å². The van der Waals surface area contributed by atoms with E-state index in [4.69, 9.17) is 0 Å². The molecule has 0 fully saturated rings. The van der Waals surface area contributed by atoms with Gasteiger partial charge in [0.15, 0.2) is 0 Å². The lowest BCUT2D eigenvalue weighted by atomic mass is 10.0. The normalized spacial score (nSPS) is 13.8. The molecule has 0 bridgehead atoms. The van der Waals surface area contributed by atoms with Crippen molar-refractivity contribution < 1.29 is 0 Å². The summed E-state index contributed by atoms with van der Waals surface area (Å²) in [7, 11) is 0. The first kappa shape index (κ1) is 15.2. The molecule has 1 heterocycles. The lowest BCUT2D eigenvalue weighted by Gasteiger charge is -2.22. The van der Waals surface area contributed by atoms with Crippen molar-refractivity contribution in [2.24, 2.45) is 5.92 Å². The largest absolute Gasteiger partial charge is 0.335 e.